The van der Waals surface area contributed by atoms with Crippen LogP contribution in [-0.2, 0) is 6.42 Å². The summed E-state index contributed by atoms with van der Waals surface area (Å²) in [5, 5.41) is 3.62. The van der Waals surface area contributed by atoms with E-state index in [-0.39, 0.29) is 0 Å². The number of rotatable bonds is 3. The van der Waals surface area contributed by atoms with Gasteiger partial charge >= 0.3 is 0 Å². The number of ether oxygens (including phenoxy) is 1. The Kier molecular flexibility index (Phi) is 3.75. The molecule has 1 unspecified atom stereocenters. The molecule has 0 aromatic heterocycles. The lowest BCUT2D eigenvalue weighted by molar-refractivity contribution is 0.339. The zero-order valence-corrected chi connectivity index (χ0v) is 12.1. The van der Waals surface area contributed by atoms with E-state index in [2.05, 4.69) is 54.7 Å². The number of hydrogen-bond donors (Lipinski definition) is 1. The van der Waals surface area contributed by atoms with Gasteiger partial charge in [-0.3, -0.25) is 0 Å². The molecule has 1 heterocycles. The molecule has 3 rings (SSSR count). The smallest absolute Gasteiger partial charge is 0.119 e. The van der Waals surface area contributed by atoms with Crippen molar-refractivity contribution in [2.24, 2.45) is 0 Å². The SMILES string of the molecule is CCOc1ccc2c(c1)CCNC2c1ccc(C)cc1. The Balaban J connectivity index is 1.95. The number of nitrogens with one attached hydrogen (secondary N) is 1. The molecule has 20 heavy (non-hydrogen) atoms. The molecule has 0 saturated heterocycles. The third kappa shape index (κ3) is 2.56. The second-order valence-corrected chi connectivity index (χ2v) is 5.34. The highest BCUT2D eigenvalue weighted by molar-refractivity contribution is 5.43. The van der Waals surface area contributed by atoms with Gasteiger partial charge in [0.1, 0.15) is 5.75 Å². The highest BCUT2D eigenvalue weighted by atomic mass is 16.5. The molecule has 0 radical (unpaired) electrons. The molecule has 2 aromatic carbocycles. The Morgan fingerprint density at radius 3 is 2.70 bits per heavy atom. The molecule has 0 fully saturated rings. The maximum Gasteiger partial charge on any atom is 0.119 e. The normalized spacial score (nSPS) is 17.6. The Hall–Kier alpha value is -1.80. The first-order valence-electron chi connectivity index (χ1n) is 7.33. The van der Waals surface area contributed by atoms with Crippen LogP contribution >= 0.6 is 0 Å². The summed E-state index contributed by atoms with van der Waals surface area (Å²) in [4.78, 5) is 0. The van der Waals surface area contributed by atoms with Crippen LogP contribution in [0, 0.1) is 6.92 Å². The Morgan fingerprint density at radius 2 is 1.95 bits per heavy atom. The zero-order valence-electron chi connectivity index (χ0n) is 12.1. The summed E-state index contributed by atoms with van der Waals surface area (Å²) in [7, 11) is 0. The minimum Gasteiger partial charge on any atom is -0.494 e. The van der Waals surface area contributed by atoms with E-state index in [4.69, 9.17) is 4.74 Å². The first-order valence-corrected chi connectivity index (χ1v) is 7.33. The summed E-state index contributed by atoms with van der Waals surface area (Å²) >= 11 is 0. The van der Waals surface area contributed by atoms with Crippen LogP contribution < -0.4 is 10.1 Å². The molecule has 1 atom stereocenters. The summed E-state index contributed by atoms with van der Waals surface area (Å²) in [5.41, 5.74) is 5.42. The third-order valence-corrected chi connectivity index (χ3v) is 3.89. The number of hydrogen-bond acceptors (Lipinski definition) is 2. The van der Waals surface area contributed by atoms with Crippen LogP contribution in [0.25, 0.3) is 0 Å². The average Bonchev–Trinajstić information content (AvgIpc) is 2.48. The van der Waals surface area contributed by atoms with Crippen LogP contribution in [0.2, 0.25) is 0 Å². The highest BCUT2D eigenvalue weighted by Crippen LogP contribution is 2.31. The van der Waals surface area contributed by atoms with E-state index in [1.807, 2.05) is 6.92 Å². The van der Waals surface area contributed by atoms with Gasteiger partial charge in [-0.25, -0.2) is 0 Å². The fourth-order valence-corrected chi connectivity index (χ4v) is 2.85. The molecule has 1 N–H and O–H groups in total. The van der Waals surface area contributed by atoms with Gasteiger partial charge in [-0.15, -0.1) is 0 Å². The van der Waals surface area contributed by atoms with Crippen molar-refractivity contribution < 1.29 is 4.74 Å². The van der Waals surface area contributed by atoms with Crippen LogP contribution in [-0.4, -0.2) is 13.2 Å². The van der Waals surface area contributed by atoms with E-state index in [1.165, 1.54) is 22.3 Å². The van der Waals surface area contributed by atoms with E-state index in [9.17, 15) is 0 Å². The van der Waals surface area contributed by atoms with Crippen LogP contribution in [0.3, 0.4) is 0 Å². The minimum absolute atomic E-state index is 0.301. The Bertz CT molecular complexity index is 589. The van der Waals surface area contributed by atoms with Gasteiger partial charge in [0.2, 0.25) is 0 Å². The Morgan fingerprint density at radius 1 is 1.15 bits per heavy atom. The molecule has 2 nitrogen and oxygen atoms in total. The van der Waals surface area contributed by atoms with Gasteiger partial charge in [0, 0.05) is 6.54 Å². The summed E-state index contributed by atoms with van der Waals surface area (Å²) in [6.07, 6.45) is 1.07. The molecule has 1 aliphatic heterocycles. The average molecular weight is 267 g/mol. The van der Waals surface area contributed by atoms with E-state index in [1.54, 1.807) is 0 Å². The summed E-state index contributed by atoms with van der Waals surface area (Å²) in [5.74, 6) is 0.982. The van der Waals surface area contributed by atoms with E-state index >= 15 is 0 Å². The lowest BCUT2D eigenvalue weighted by Gasteiger charge is -2.28. The molecule has 2 aromatic rings. The molecular weight excluding hydrogens is 246 g/mol. The van der Waals surface area contributed by atoms with Gasteiger partial charge in [0.25, 0.3) is 0 Å². The molecule has 2 heteroatoms. The summed E-state index contributed by atoms with van der Waals surface area (Å²) in [6, 6.07) is 15.6. The zero-order chi connectivity index (χ0) is 13.9. The van der Waals surface area contributed by atoms with Crippen LogP contribution in [0.5, 0.6) is 5.75 Å². The fourth-order valence-electron chi connectivity index (χ4n) is 2.85. The van der Waals surface area contributed by atoms with Crippen molar-refractivity contribution in [1.82, 2.24) is 5.32 Å². The molecule has 1 aliphatic rings. The van der Waals surface area contributed by atoms with Crippen LogP contribution in [0.15, 0.2) is 42.5 Å². The van der Waals surface area contributed by atoms with Gasteiger partial charge in [-0.2, -0.15) is 0 Å². The summed E-state index contributed by atoms with van der Waals surface area (Å²) in [6.45, 7) is 5.88. The van der Waals surface area contributed by atoms with E-state index in [0.29, 0.717) is 6.04 Å². The molecule has 0 amide bonds. The molecular formula is C18H21NO. The van der Waals surface area contributed by atoms with Crippen molar-refractivity contribution in [3.63, 3.8) is 0 Å². The van der Waals surface area contributed by atoms with Crippen LogP contribution in [0.4, 0.5) is 0 Å². The van der Waals surface area contributed by atoms with Gasteiger partial charge in [0.15, 0.2) is 0 Å². The Labute approximate surface area is 120 Å². The van der Waals surface area contributed by atoms with E-state index in [0.717, 1.165) is 25.3 Å². The van der Waals surface area contributed by atoms with Crippen LogP contribution in [0.1, 0.15) is 35.2 Å². The third-order valence-electron chi connectivity index (χ3n) is 3.89. The van der Waals surface area contributed by atoms with Crippen molar-refractivity contribution in [2.75, 3.05) is 13.2 Å². The number of benzene rings is 2. The van der Waals surface area contributed by atoms with Gasteiger partial charge in [-0.05, 0) is 49.1 Å². The first-order chi connectivity index (χ1) is 9.78. The summed E-state index contributed by atoms with van der Waals surface area (Å²) < 4.78 is 5.61. The van der Waals surface area contributed by atoms with Crippen molar-refractivity contribution >= 4 is 0 Å². The maximum atomic E-state index is 5.61. The monoisotopic (exact) mass is 267 g/mol. The molecule has 0 spiro atoms. The second kappa shape index (κ2) is 5.68. The minimum atomic E-state index is 0.301. The predicted octanol–water partition coefficient (Wildman–Crippen LogP) is 3.63. The quantitative estimate of drug-likeness (QED) is 0.917. The molecule has 0 saturated carbocycles. The van der Waals surface area contributed by atoms with Crippen molar-refractivity contribution in [3.8, 4) is 5.75 Å². The van der Waals surface area contributed by atoms with Gasteiger partial charge in [-0.1, -0.05) is 35.9 Å². The molecule has 0 aliphatic carbocycles. The van der Waals surface area contributed by atoms with Crippen molar-refractivity contribution in [2.45, 2.75) is 26.3 Å². The number of fused-ring (bicyclic) bond motifs is 1. The van der Waals surface area contributed by atoms with Gasteiger partial charge < -0.3 is 10.1 Å². The predicted molar refractivity (Wildman–Crippen MR) is 82.3 cm³/mol. The maximum absolute atomic E-state index is 5.61. The van der Waals surface area contributed by atoms with Crippen molar-refractivity contribution in [1.29, 1.82) is 0 Å². The second-order valence-electron chi connectivity index (χ2n) is 5.34. The van der Waals surface area contributed by atoms with Crippen molar-refractivity contribution in [3.05, 3.63) is 64.7 Å². The molecule has 0 bridgehead atoms. The first kappa shape index (κ1) is 13.2. The number of aryl methyl sites for hydroxylation is 1. The standard InChI is InChI=1S/C18H21NO/c1-3-20-16-8-9-17-15(12-16)10-11-19-18(17)14-6-4-13(2)5-7-14/h4-9,12,18-19H,3,10-11H2,1-2H3. The van der Waals surface area contributed by atoms with E-state index < -0.39 is 0 Å². The van der Waals surface area contributed by atoms with Gasteiger partial charge in [0.05, 0.1) is 12.6 Å². The topological polar surface area (TPSA) is 21.3 Å². The lowest BCUT2D eigenvalue weighted by Crippen LogP contribution is -2.30. The molecule has 104 valence electrons. The largest absolute Gasteiger partial charge is 0.494 e. The lowest BCUT2D eigenvalue weighted by atomic mass is 9.89. The highest BCUT2D eigenvalue weighted by Gasteiger charge is 2.21. The fraction of sp³-hybridized carbons (Fsp3) is 0.333.